The molecule has 0 aliphatic rings. The molecule has 0 saturated carbocycles. The highest BCUT2D eigenvalue weighted by Gasteiger charge is 2.01. The molecule has 0 atom stereocenters. The van der Waals surface area contributed by atoms with E-state index in [1.165, 1.54) is 11.4 Å². The number of rotatable bonds is 3. The minimum absolute atomic E-state index is 1.03. The van der Waals surface area contributed by atoms with Gasteiger partial charge in [-0.1, -0.05) is 0 Å². The quantitative estimate of drug-likeness (QED) is 0.751. The van der Waals surface area contributed by atoms with Crippen molar-refractivity contribution in [2.45, 2.75) is 20.3 Å². The molecule has 1 heterocycles. The van der Waals surface area contributed by atoms with Crippen LogP contribution in [0.5, 0.6) is 0 Å². The van der Waals surface area contributed by atoms with Crippen molar-refractivity contribution in [1.82, 2.24) is 9.97 Å². The molecule has 0 spiro atoms. The van der Waals surface area contributed by atoms with Crippen molar-refractivity contribution in [3.8, 4) is 0 Å². The van der Waals surface area contributed by atoms with Crippen LogP contribution in [0.15, 0.2) is 0 Å². The molecular formula is C8H14N2S. The average molecular weight is 170 g/mol. The smallest absolute Gasteiger partial charge is 0.103 e. The first kappa shape index (κ1) is 8.65. The summed E-state index contributed by atoms with van der Waals surface area (Å²) in [4.78, 5) is 7.57. The van der Waals surface area contributed by atoms with Crippen LogP contribution < -0.4 is 0 Å². The molecule has 0 bridgehead atoms. The van der Waals surface area contributed by atoms with Crippen LogP contribution in [0.25, 0.3) is 0 Å². The van der Waals surface area contributed by atoms with Crippen LogP contribution in [-0.4, -0.2) is 22.0 Å². The molecule has 1 aromatic heterocycles. The zero-order valence-corrected chi connectivity index (χ0v) is 8.09. The van der Waals surface area contributed by atoms with Gasteiger partial charge in [-0.3, -0.25) is 0 Å². The fourth-order valence-electron chi connectivity index (χ4n) is 1.10. The number of aromatic nitrogens is 2. The third-order valence-electron chi connectivity index (χ3n) is 1.65. The lowest BCUT2D eigenvalue weighted by Gasteiger charge is -1.93. The molecule has 1 rings (SSSR count). The van der Waals surface area contributed by atoms with E-state index >= 15 is 0 Å². The highest BCUT2D eigenvalue weighted by Crippen LogP contribution is 2.07. The number of hydrogen-bond acceptors (Lipinski definition) is 2. The third-order valence-corrected chi connectivity index (χ3v) is 2.26. The molecule has 62 valence electrons. The Morgan fingerprint density at radius 2 is 2.18 bits per heavy atom. The number of nitrogens with zero attached hydrogens (tertiary/aromatic N) is 1. The summed E-state index contributed by atoms with van der Waals surface area (Å²) >= 11 is 1.86. The van der Waals surface area contributed by atoms with E-state index in [1.54, 1.807) is 0 Å². The summed E-state index contributed by atoms with van der Waals surface area (Å²) in [5, 5.41) is 0. The van der Waals surface area contributed by atoms with E-state index in [0.29, 0.717) is 0 Å². The van der Waals surface area contributed by atoms with Crippen molar-refractivity contribution in [1.29, 1.82) is 0 Å². The van der Waals surface area contributed by atoms with Crippen molar-refractivity contribution in [3.05, 3.63) is 17.2 Å². The Kier molecular flexibility index (Phi) is 3.00. The predicted octanol–water partition coefficient (Wildman–Crippen LogP) is 1.93. The Morgan fingerprint density at radius 3 is 2.64 bits per heavy atom. The summed E-state index contributed by atoms with van der Waals surface area (Å²) in [6.45, 7) is 4.07. The summed E-state index contributed by atoms with van der Waals surface area (Å²) < 4.78 is 0. The molecule has 1 aromatic rings. The lowest BCUT2D eigenvalue weighted by molar-refractivity contribution is 1.04. The van der Waals surface area contributed by atoms with Crippen LogP contribution in [-0.2, 0) is 6.42 Å². The third kappa shape index (κ3) is 2.26. The van der Waals surface area contributed by atoms with Crippen LogP contribution in [0.2, 0.25) is 0 Å². The summed E-state index contributed by atoms with van der Waals surface area (Å²) in [6.07, 6.45) is 3.20. The molecular weight excluding hydrogens is 156 g/mol. The Balaban J connectivity index is 2.62. The van der Waals surface area contributed by atoms with Gasteiger partial charge in [0, 0.05) is 12.1 Å². The fourth-order valence-corrected chi connectivity index (χ4v) is 1.50. The Bertz CT molecular complexity index is 230. The molecule has 3 heteroatoms. The molecule has 0 fully saturated rings. The summed E-state index contributed by atoms with van der Waals surface area (Å²) in [5.41, 5.74) is 2.44. The number of hydrogen-bond donors (Lipinski definition) is 1. The maximum atomic E-state index is 4.38. The van der Waals surface area contributed by atoms with Crippen molar-refractivity contribution in [2.75, 3.05) is 12.0 Å². The van der Waals surface area contributed by atoms with Crippen LogP contribution in [0, 0.1) is 13.8 Å². The van der Waals surface area contributed by atoms with Crippen molar-refractivity contribution < 1.29 is 0 Å². The molecule has 0 amide bonds. The molecule has 0 aliphatic carbocycles. The second-order valence-corrected chi connectivity index (χ2v) is 3.62. The first-order valence-electron chi connectivity index (χ1n) is 3.75. The largest absolute Gasteiger partial charge is 0.346 e. The minimum atomic E-state index is 1.03. The molecule has 1 N–H and O–H groups in total. The maximum absolute atomic E-state index is 4.38. The van der Waals surface area contributed by atoms with Gasteiger partial charge in [0.15, 0.2) is 0 Å². The van der Waals surface area contributed by atoms with E-state index < -0.39 is 0 Å². The van der Waals surface area contributed by atoms with Gasteiger partial charge in [0.2, 0.25) is 0 Å². The first-order valence-corrected chi connectivity index (χ1v) is 5.14. The SMILES string of the molecule is CSCCc1nc(C)[nH]c1C. The monoisotopic (exact) mass is 170 g/mol. The van der Waals surface area contributed by atoms with Gasteiger partial charge in [-0.05, 0) is 25.9 Å². The van der Waals surface area contributed by atoms with Crippen molar-refractivity contribution >= 4 is 11.8 Å². The zero-order valence-electron chi connectivity index (χ0n) is 7.27. The van der Waals surface area contributed by atoms with Crippen LogP contribution >= 0.6 is 11.8 Å². The molecule has 0 unspecified atom stereocenters. The Hall–Kier alpha value is -0.440. The summed E-state index contributed by atoms with van der Waals surface area (Å²) in [7, 11) is 0. The standard InChI is InChI=1S/C8H14N2S/c1-6-8(4-5-11-3)10-7(2)9-6/h4-5H2,1-3H3,(H,9,10). The van der Waals surface area contributed by atoms with E-state index in [2.05, 4.69) is 23.1 Å². The van der Waals surface area contributed by atoms with Crippen LogP contribution in [0.3, 0.4) is 0 Å². The number of aromatic amines is 1. The van der Waals surface area contributed by atoms with E-state index in [9.17, 15) is 0 Å². The van der Waals surface area contributed by atoms with Crippen LogP contribution in [0.1, 0.15) is 17.2 Å². The Labute approximate surface area is 71.8 Å². The van der Waals surface area contributed by atoms with E-state index in [4.69, 9.17) is 0 Å². The topological polar surface area (TPSA) is 28.7 Å². The van der Waals surface area contributed by atoms with Crippen molar-refractivity contribution in [3.63, 3.8) is 0 Å². The second kappa shape index (κ2) is 3.81. The van der Waals surface area contributed by atoms with Gasteiger partial charge in [0.25, 0.3) is 0 Å². The predicted molar refractivity (Wildman–Crippen MR) is 50.1 cm³/mol. The highest BCUT2D eigenvalue weighted by molar-refractivity contribution is 7.98. The lowest BCUT2D eigenvalue weighted by atomic mass is 10.3. The van der Waals surface area contributed by atoms with E-state index in [0.717, 1.165) is 18.0 Å². The molecule has 0 saturated heterocycles. The van der Waals surface area contributed by atoms with Gasteiger partial charge < -0.3 is 4.98 Å². The molecule has 0 aliphatic heterocycles. The van der Waals surface area contributed by atoms with Gasteiger partial charge in [-0.15, -0.1) is 0 Å². The van der Waals surface area contributed by atoms with Gasteiger partial charge in [-0.25, -0.2) is 4.98 Å². The molecule has 2 nitrogen and oxygen atoms in total. The fraction of sp³-hybridized carbons (Fsp3) is 0.625. The van der Waals surface area contributed by atoms with Gasteiger partial charge >= 0.3 is 0 Å². The van der Waals surface area contributed by atoms with E-state index in [-0.39, 0.29) is 0 Å². The average Bonchev–Trinajstić information content (AvgIpc) is 2.26. The zero-order chi connectivity index (χ0) is 8.27. The number of nitrogens with one attached hydrogen (secondary N) is 1. The normalized spacial score (nSPS) is 10.5. The van der Waals surface area contributed by atoms with Gasteiger partial charge in [0.1, 0.15) is 5.82 Å². The molecule has 0 radical (unpaired) electrons. The minimum Gasteiger partial charge on any atom is -0.346 e. The van der Waals surface area contributed by atoms with Crippen molar-refractivity contribution in [2.24, 2.45) is 0 Å². The number of imidazole rings is 1. The van der Waals surface area contributed by atoms with E-state index in [1.807, 2.05) is 18.7 Å². The second-order valence-electron chi connectivity index (χ2n) is 2.64. The van der Waals surface area contributed by atoms with Crippen LogP contribution in [0.4, 0.5) is 0 Å². The Morgan fingerprint density at radius 1 is 1.45 bits per heavy atom. The first-order chi connectivity index (χ1) is 5.24. The van der Waals surface area contributed by atoms with Gasteiger partial charge in [0.05, 0.1) is 5.69 Å². The summed E-state index contributed by atoms with van der Waals surface area (Å²) in [6, 6.07) is 0. The molecule has 0 aromatic carbocycles. The number of aryl methyl sites for hydroxylation is 3. The lowest BCUT2D eigenvalue weighted by Crippen LogP contribution is -1.90. The summed E-state index contributed by atoms with van der Waals surface area (Å²) in [5.74, 6) is 2.18. The number of thioether (sulfide) groups is 1. The highest BCUT2D eigenvalue weighted by atomic mass is 32.2. The maximum Gasteiger partial charge on any atom is 0.103 e. The number of H-pyrrole nitrogens is 1. The van der Waals surface area contributed by atoms with Gasteiger partial charge in [-0.2, -0.15) is 11.8 Å². The molecule has 11 heavy (non-hydrogen) atoms.